The van der Waals surface area contributed by atoms with E-state index < -0.39 is 11.7 Å². The van der Waals surface area contributed by atoms with E-state index in [1.807, 2.05) is 0 Å². The Morgan fingerprint density at radius 2 is 1.81 bits per heavy atom. The molecule has 4 nitrogen and oxygen atoms in total. The molecule has 0 aromatic heterocycles. The van der Waals surface area contributed by atoms with E-state index in [0.29, 0.717) is 5.56 Å². The van der Waals surface area contributed by atoms with Gasteiger partial charge in [-0.3, -0.25) is 9.59 Å². The van der Waals surface area contributed by atoms with Crippen molar-refractivity contribution in [2.45, 2.75) is 0 Å². The summed E-state index contributed by atoms with van der Waals surface area (Å²) in [6.45, 7) is 0. The number of carbonyl (C=O) groups excluding carboxylic acids is 2. The number of benzene rings is 2. The monoisotopic (exact) mass is 306 g/mol. The summed E-state index contributed by atoms with van der Waals surface area (Å²) in [5.74, 6) is -1.58. The Morgan fingerprint density at radius 1 is 1.10 bits per heavy atom. The van der Waals surface area contributed by atoms with E-state index in [1.54, 1.807) is 6.07 Å². The molecule has 0 unspecified atom stereocenters. The van der Waals surface area contributed by atoms with Crippen LogP contribution in [0.1, 0.15) is 20.7 Å². The Hall–Kier alpha value is -2.40. The molecule has 0 aliphatic heterocycles. The average Bonchev–Trinajstić information content (AvgIpc) is 2.49. The zero-order valence-electron chi connectivity index (χ0n) is 11.1. The summed E-state index contributed by atoms with van der Waals surface area (Å²) in [5, 5.41) is 5.22. The van der Waals surface area contributed by atoms with Gasteiger partial charge < -0.3 is 10.6 Å². The molecule has 2 aromatic carbocycles. The molecule has 2 rings (SSSR count). The first-order valence-electron chi connectivity index (χ1n) is 6.10. The highest BCUT2D eigenvalue weighted by Gasteiger charge is 2.14. The molecule has 0 fully saturated rings. The van der Waals surface area contributed by atoms with Gasteiger partial charge in [0.25, 0.3) is 11.8 Å². The second kappa shape index (κ2) is 6.37. The maximum Gasteiger partial charge on any atom is 0.258 e. The Balaban J connectivity index is 2.29. The summed E-state index contributed by atoms with van der Waals surface area (Å²) in [5.41, 5.74) is 0.482. The quantitative estimate of drug-likeness (QED) is 0.915. The first kappa shape index (κ1) is 15.0. The van der Waals surface area contributed by atoms with E-state index in [4.69, 9.17) is 11.6 Å². The minimum atomic E-state index is -0.635. The third-order valence-corrected chi connectivity index (χ3v) is 3.15. The highest BCUT2D eigenvalue weighted by molar-refractivity contribution is 6.34. The van der Waals surface area contributed by atoms with Gasteiger partial charge in [-0.05, 0) is 30.3 Å². The minimum Gasteiger partial charge on any atom is -0.355 e. The largest absolute Gasteiger partial charge is 0.355 e. The topological polar surface area (TPSA) is 58.2 Å². The number of rotatable bonds is 3. The first-order chi connectivity index (χ1) is 10.0. The van der Waals surface area contributed by atoms with Crippen molar-refractivity contribution in [3.8, 4) is 0 Å². The van der Waals surface area contributed by atoms with Gasteiger partial charge in [-0.2, -0.15) is 0 Å². The number of halogens is 2. The summed E-state index contributed by atoms with van der Waals surface area (Å²) in [6, 6.07) is 10.0. The SMILES string of the molecule is CNC(=O)c1ccc(Cl)c(NC(=O)c2ccccc2F)c1. The highest BCUT2D eigenvalue weighted by Crippen LogP contribution is 2.24. The lowest BCUT2D eigenvalue weighted by Gasteiger charge is -2.09. The summed E-state index contributed by atoms with van der Waals surface area (Å²) in [6.07, 6.45) is 0. The molecule has 0 saturated carbocycles. The molecule has 2 aromatic rings. The van der Waals surface area contributed by atoms with Gasteiger partial charge in [0.15, 0.2) is 0 Å². The lowest BCUT2D eigenvalue weighted by molar-refractivity contribution is 0.0961. The molecule has 0 saturated heterocycles. The second-order valence-corrected chi connectivity index (χ2v) is 4.61. The van der Waals surface area contributed by atoms with Gasteiger partial charge in [0.1, 0.15) is 5.82 Å². The number of anilines is 1. The van der Waals surface area contributed by atoms with Crippen LogP contribution in [0.4, 0.5) is 10.1 Å². The van der Waals surface area contributed by atoms with Crippen LogP contribution in [-0.4, -0.2) is 18.9 Å². The molecule has 6 heteroatoms. The molecule has 2 amide bonds. The van der Waals surface area contributed by atoms with Crippen LogP contribution >= 0.6 is 11.6 Å². The second-order valence-electron chi connectivity index (χ2n) is 4.21. The van der Waals surface area contributed by atoms with E-state index in [2.05, 4.69) is 10.6 Å². The Morgan fingerprint density at radius 3 is 2.48 bits per heavy atom. The van der Waals surface area contributed by atoms with E-state index in [9.17, 15) is 14.0 Å². The highest BCUT2D eigenvalue weighted by atomic mass is 35.5. The van der Waals surface area contributed by atoms with Crippen molar-refractivity contribution in [2.24, 2.45) is 0 Å². The molecule has 0 radical (unpaired) electrons. The zero-order valence-corrected chi connectivity index (χ0v) is 11.9. The maximum atomic E-state index is 13.5. The van der Waals surface area contributed by atoms with Gasteiger partial charge in [0.05, 0.1) is 16.3 Å². The molecule has 0 spiro atoms. The fraction of sp³-hybridized carbons (Fsp3) is 0.0667. The van der Waals surface area contributed by atoms with Gasteiger partial charge in [-0.15, -0.1) is 0 Å². The van der Waals surface area contributed by atoms with Crippen LogP contribution in [0.5, 0.6) is 0 Å². The molecule has 2 N–H and O–H groups in total. The van der Waals surface area contributed by atoms with Gasteiger partial charge in [-0.25, -0.2) is 4.39 Å². The first-order valence-corrected chi connectivity index (χ1v) is 6.48. The number of carbonyl (C=O) groups is 2. The molecular weight excluding hydrogens is 295 g/mol. The van der Waals surface area contributed by atoms with Crippen LogP contribution < -0.4 is 10.6 Å². The lowest BCUT2D eigenvalue weighted by Crippen LogP contribution is -2.19. The van der Waals surface area contributed by atoms with Crippen LogP contribution in [0, 0.1) is 5.82 Å². The van der Waals surface area contributed by atoms with E-state index >= 15 is 0 Å². The number of hydrogen-bond acceptors (Lipinski definition) is 2. The van der Waals surface area contributed by atoms with E-state index in [-0.39, 0.29) is 22.2 Å². The Bertz CT molecular complexity index is 704. The summed E-state index contributed by atoms with van der Waals surface area (Å²) in [7, 11) is 1.49. The fourth-order valence-electron chi connectivity index (χ4n) is 1.74. The van der Waals surface area contributed by atoms with Crippen LogP contribution in [-0.2, 0) is 0 Å². The van der Waals surface area contributed by atoms with Gasteiger partial charge >= 0.3 is 0 Å². The van der Waals surface area contributed by atoms with Crippen LogP contribution in [0.3, 0.4) is 0 Å². The third-order valence-electron chi connectivity index (χ3n) is 2.82. The third kappa shape index (κ3) is 3.38. The summed E-state index contributed by atoms with van der Waals surface area (Å²) >= 11 is 5.98. The molecule has 0 bridgehead atoms. The zero-order chi connectivity index (χ0) is 15.4. The summed E-state index contributed by atoms with van der Waals surface area (Å²) in [4.78, 5) is 23.6. The summed E-state index contributed by atoms with van der Waals surface area (Å²) < 4.78 is 13.5. The minimum absolute atomic E-state index is 0.0982. The van der Waals surface area contributed by atoms with Crippen molar-refractivity contribution in [2.75, 3.05) is 12.4 Å². The number of amides is 2. The van der Waals surface area contributed by atoms with Crippen LogP contribution in [0.25, 0.3) is 0 Å². The molecule has 0 aliphatic carbocycles. The maximum absolute atomic E-state index is 13.5. The molecule has 21 heavy (non-hydrogen) atoms. The van der Waals surface area contributed by atoms with E-state index in [0.717, 1.165) is 0 Å². The standard InChI is InChI=1S/C15H12ClFN2O2/c1-18-14(20)9-6-7-11(16)13(8-9)19-15(21)10-4-2-3-5-12(10)17/h2-8H,1H3,(H,18,20)(H,19,21). The Kier molecular flexibility index (Phi) is 4.55. The lowest BCUT2D eigenvalue weighted by atomic mass is 10.1. The van der Waals surface area contributed by atoms with Crippen molar-refractivity contribution in [3.63, 3.8) is 0 Å². The van der Waals surface area contributed by atoms with E-state index in [1.165, 1.54) is 43.4 Å². The van der Waals surface area contributed by atoms with Crippen molar-refractivity contribution >= 4 is 29.1 Å². The van der Waals surface area contributed by atoms with Crippen molar-refractivity contribution in [1.29, 1.82) is 0 Å². The normalized spacial score (nSPS) is 10.0. The van der Waals surface area contributed by atoms with Gasteiger partial charge in [0, 0.05) is 12.6 Å². The molecule has 0 atom stereocenters. The molecule has 0 heterocycles. The predicted molar refractivity (Wildman–Crippen MR) is 79.2 cm³/mol. The number of nitrogens with one attached hydrogen (secondary N) is 2. The predicted octanol–water partition coefficient (Wildman–Crippen LogP) is 3.09. The average molecular weight is 307 g/mol. The van der Waals surface area contributed by atoms with Crippen molar-refractivity contribution in [3.05, 3.63) is 64.4 Å². The van der Waals surface area contributed by atoms with Crippen molar-refractivity contribution < 1.29 is 14.0 Å². The smallest absolute Gasteiger partial charge is 0.258 e. The van der Waals surface area contributed by atoms with Crippen LogP contribution in [0.2, 0.25) is 5.02 Å². The van der Waals surface area contributed by atoms with Crippen molar-refractivity contribution in [1.82, 2.24) is 5.32 Å². The number of hydrogen-bond donors (Lipinski definition) is 2. The van der Waals surface area contributed by atoms with Gasteiger partial charge in [0.2, 0.25) is 0 Å². The fourth-order valence-corrected chi connectivity index (χ4v) is 1.91. The molecule has 0 aliphatic rings. The Labute approximate surface area is 125 Å². The van der Waals surface area contributed by atoms with Crippen LogP contribution in [0.15, 0.2) is 42.5 Å². The van der Waals surface area contributed by atoms with Gasteiger partial charge in [-0.1, -0.05) is 23.7 Å². The molecular formula is C15H12ClFN2O2. The molecule has 108 valence electrons.